The first-order valence-corrected chi connectivity index (χ1v) is 6.02. The Morgan fingerprint density at radius 2 is 1.93 bits per heavy atom. The van der Waals surface area contributed by atoms with E-state index >= 15 is 0 Å². The van der Waals surface area contributed by atoms with Crippen LogP contribution in [0.2, 0.25) is 0 Å². The number of likely N-dealkylation sites (tertiary alicyclic amines) is 1. The molecule has 0 aliphatic carbocycles. The van der Waals surface area contributed by atoms with Crippen LogP contribution in [-0.4, -0.2) is 45.8 Å². The molecule has 3 nitrogen and oxygen atoms in total. The van der Waals surface area contributed by atoms with Gasteiger partial charge in [-0.1, -0.05) is 0 Å². The summed E-state index contributed by atoms with van der Waals surface area (Å²) >= 11 is 0. The molecule has 2 fully saturated rings. The maximum absolute atomic E-state index is 12.0. The zero-order chi connectivity index (χ0) is 11.3. The molecular weight excluding hydrogens is 231 g/mol. The average Bonchev–Trinajstić information content (AvgIpc) is 2.42. The van der Waals surface area contributed by atoms with Gasteiger partial charge in [0.1, 0.15) is 0 Å². The topological polar surface area (TPSA) is 37.4 Å². The molecule has 1 unspecified atom stereocenters. The highest BCUT2D eigenvalue weighted by Gasteiger charge is 2.54. The van der Waals surface area contributed by atoms with E-state index in [1.54, 1.807) is 0 Å². The Morgan fingerprint density at radius 3 is 2.33 bits per heavy atom. The number of hydrogen-bond donors (Lipinski definition) is 0. The van der Waals surface area contributed by atoms with Gasteiger partial charge in [-0.25, -0.2) is 0 Å². The highest BCUT2D eigenvalue weighted by molar-refractivity contribution is 7.85. The SMILES string of the molecule is O=C(N1CC2(CCS(=O)C2)C1)C(F)(F)F. The normalized spacial score (nSPS) is 29.3. The Bertz CT molecular complexity index is 322. The summed E-state index contributed by atoms with van der Waals surface area (Å²) < 4.78 is 47.2. The Hall–Kier alpha value is -0.590. The lowest BCUT2D eigenvalue weighted by Crippen LogP contribution is -2.61. The van der Waals surface area contributed by atoms with E-state index < -0.39 is 22.9 Å². The number of nitrogens with zero attached hydrogens (tertiary/aromatic N) is 1. The molecule has 7 heteroatoms. The number of halogens is 3. The summed E-state index contributed by atoms with van der Waals surface area (Å²) in [6.07, 6.45) is -4.11. The van der Waals surface area contributed by atoms with Gasteiger partial charge >= 0.3 is 12.1 Å². The second-order valence-electron chi connectivity index (χ2n) is 4.20. The van der Waals surface area contributed by atoms with Crippen molar-refractivity contribution in [1.29, 1.82) is 0 Å². The molecule has 2 aliphatic heterocycles. The Morgan fingerprint density at radius 1 is 1.33 bits per heavy atom. The van der Waals surface area contributed by atoms with E-state index in [0.29, 0.717) is 17.9 Å². The lowest BCUT2D eigenvalue weighted by Gasteiger charge is -2.47. The minimum Gasteiger partial charge on any atom is -0.334 e. The van der Waals surface area contributed by atoms with Crippen LogP contribution >= 0.6 is 0 Å². The van der Waals surface area contributed by atoms with Crippen LogP contribution in [0.4, 0.5) is 13.2 Å². The maximum atomic E-state index is 12.0. The van der Waals surface area contributed by atoms with Gasteiger partial charge in [0.15, 0.2) is 0 Å². The molecule has 1 amide bonds. The fourth-order valence-electron chi connectivity index (χ4n) is 2.15. The summed E-state index contributed by atoms with van der Waals surface area (Å²) in [4.78, 5) is 11.6. The minimum atomic E-state index is -4.78. The van der Waals surface area contributed by atoms with Gasteiger partial charge < -0.3 is 4.90 Å². The molecule has 0 aromatic heterocycles. The van der Waals surface area contributed by atoms with Crippen molar-refractivity contribution in [3.8, 4) is 0 Å². The summed E-state index contributed by atoms with van der Waals surface area (Å²) in [5.41, 5.74) is -0.286. The molecule has 1 atom stereocenters. The third-order valence-corrected chi connectivity index (χ3v) is 4.50. The van der Waals surface area contributed by atoms with Gasteiger partial charge in [-0.05, 0) is 6.42 Å². The first-order chi connectivity index (χ1) is 6.82. The van der Waals surface area contributed by atoms with E-state index in [2.05, 4.69) is 0 Å². The van der Waals surface area contributed by atoms with Gasteiger partial charge in [-0.15, -0.1) is 0 Å². The first kappa shape index (κ1) is 10.9. The fourth-order valence-corrected chi connectivity index (χ4v) is 3.97. The third kappa shape index (κ3) is 1.89. The molecule has 0 aromatic carbocycles. The monoisotopic (exact) mass is 241 g/mol. The van der Waals surface area contributed by atoms with Crippen LogP contribution in [0, 0.1) is 5.41 Å². The Balaban J connectivity index is 1.94. The fraction of sp³-hybridized carbons (Fsp3) is 0.875. The molecule has 0 radical (unpaired) electrons. The van der Waals surface area contributed by atoms with Crippen LogP contribution in [0.25, 0.3) is 0 Å². The van der Waals surface area contributed by atoms with E-state index in [4.69, 9.17) is 0 Å². The largest absolute Gasteiger partial charge is 0.471 e. The molecular formula is C8H10F3NO2S. The van der Waals surface area contributed by atoms with Crippen molar-refractivity contribution in [2.75, 3.05) is 24.6 Å². The quantitative estimate of drug-likeness (QED) is 0.620. The zero-order valence-electron chi connectivity index (χ0n) is 7.84. The van der Waals surface area contributed by atoms with Gasteiger partial charge in [0.05, 0.1) is 0 Å². The van der Waals surface area contributed by atoms with E-state index in [1.807, 2.05) is 0 Å². The number of carbonyl (C=O) groups excluding carboxylic acids is 1. The van der Waals surface area contributed by atoms with Crippen molar-refractivity contribution in [3.63, 3.8) is 0 Å². The maximum Gasteiger partial charge on any atom is 0.471 e. The smallest absolute Gasteiger partial charge is 0.334 e. The highest BCUT2D eigenvalue weighted by atomic mass is 32.2. The lowest BCUT2D eigenvalue weighted by molar-refractivity contribution is -0.195. The first-order valence-electron chi connectivity index (χ1n) is 4.54. The van der Waals surface area contributed by atoms with E-state index in [1.165, 1.54) is 0 Å². The number of rotatable bonds is 0. The van der Waals surface area contributed by atoms with E-state index in [0.717, 1.165) is 4.90 Å². The predicted octanol–water partition coefficient (Wildman–Crippen LogP) is 0.530. The van der Waals surface area contributed by atoms with Crippen LogP contribution in [0.1, 0.15) is 6.42 Å². The molecule has 86 valence electrons. The third-order valence-electron chi connectivity index (χ3n) is 2.91. The number of carbonyl (C=O) groups is 1. The van der Waals surface area contributed by atoms with Crippen LogP contribution in [0.15, 0.2) is 0 Å². The zero-order valence-corrected chi connectivity index (χ0v) is 8.66. The predicted molar refractivity (Wildman–Crippen MR) is 47.6 cm³/mol. The molecule has 0 N–H and O–H groups in total. The van der Waals surface area contributed by atoms with Crippen molar-refractivity contribution < 1.29 is 22.2 Å². The number of hydrogen-bond acceptors (Lipinski definition) is 2. The van der Waals surface area contributed by atoms with E-state index in [-0.39, 0.29) is 18.5 Å². The van der Waals surface area contributed by atoms with Gasteiger partial charge in [-0.2, -0.15) is 13.2 Å². The van der Waals surface area contributed by atoms with Crippen LogP contribution in [-0.2, 0) is 15.6 Å². The van der Waals surface area contributed by atoms with Gasteiger partial charge in [0.2, 0.25) is 0 Å². The van der Waals surface area contributed by atoms with Crippen molar-refractivity contribution in [3.05, 3.63) is 0 Å². The van der Waals surface area contributed by atoms with Crippen LogP contribution in [0.5, 0.6) is 0 Å². The molecule has 2 heterocycles. The van der Waals surface area contributed by atoms with Gasteiger partial charge in [0, 0.05) is 40.8 Å². The molecule has 2 aliphatic rings. The molecule has 0 saturated carbocycles. The molecule has 0 aromatic rings. The van der Waals surface area contributed by atoms with Crippen LogP contribution < -0.4 is 0 Å². The molecule has 2 saturated heterocycles. The highest BCUT2D eigenvalue weighted by Crippen LogP contribution is 2.40. The van der Waals surface area contributed by atoms with E-state index in [9.17, 15) is 22.2 Å². The van der Waals surface area contributed by atoms with Crippen molar-refractivity contribution in [2.45, 2.75) is 12.6 Å². The number of alkyl halides is 3. The number of amides is 1. The van der Waals surface area contributed by atoms with Gasteiger partial charge in [0.25, 0.3) is 0 Å². The summed E-state index contributed by atoms with van der Waals surface area (Å²) in [5, 5.41) is 0. The second kappa shape index (κ2) is 3.20. The average molecular weight is 241 g/mol. The Kier molecular flexibility index (Phi) is 2.33. The Labute approximate surface area is 87.1 Å². The molecule has 15 heavy (non-hydrogen) atoms. The summed E-state index contributed by atoms with van der Waals surface area (Å²) in [5.74, 6) is -0.784. The summed E-state index contributed by atoms with van der Waals surface area (Å²) in [6, 6.07) is 0. The van der Waals surface area contributed by atoms with Crippen molar-refractivity contribution >= 4 is 16.7 Å². The summed E-state index contributed by atoms with van der Waals surface area (Å²) in [6.45, 7) is 0.216. The standard InChI is InChI=1S/C8H10F3NO2S/c9-8(10,11)6(13)12-3-7(4-12)1-2-15(14)5-7/h1-5H2. The van der Waals surface area contributed by atoms with Crippen molar-refractivity contribution in [1.82, 2.24) is 4.90 Å². The molecule has 1 spiro atoms. The van der Waals surface area contributed by atoms with Crippen molar-refractivity contribution in [2.24, 2.45) is 5.41 Å². The molecule has 2 rings (SSSR count). The second-order valence-corrected chi connectivity index (χ2v) is 5.77. The molecule has 0 bridgehead atoms. The lowest BCUT2D eigenvalue weighted by atomic mass is 9.79. The van der Waals surface area contributed by atoms with Gasteiger partial charge in [-0.3, -0.25) is 9.00 Å². The summed E-state index contributed by atoms with van der Waals surface area (Å²) in [7, 11) is -0.909. The minimum absolute atomic E-state index is 0.108. The van der Waals surface area contributed by atoms with Crippen LogP contribution in [0.3, 0.4) is 0 Å².